The molecule has 0 aliphatic rings. The molecule has 0 unspecified atom stereocenters. The number of fused-ring (bicyclic) bond motifs is 1. The van der Waals surface area contributed by atoms with Crippen molar-refractivity contribution in [3.63, 3.8) is 0 Å². The molecule has 4 aromatic rings. The lowest BCUT2D eigenvalue weighted by Crippen LogP contribution is -2.30. The third-order valence-electron chi connectivity index (χ3n) is 4.54. The van der Waals surface area contributed by atoms with Gasteiger partial charge in [-0.1, -0.05) is 12.1 Å². The number of thiazole rings is 1. The largest absolute Gasteiger partial charge is 0.497 e. The predicted molar refractivity (Wildman–Crippen MR) is 115 cm³/mol. The van der Waals surface area contributed by atoms with E-state index in [1.165, 1.54) is 0 Å². The molecule has 2 aromatic heterocycles. The van der Waals surface area contributed by atoms with Crippen LogP contribution in [0.25, 0.3) is 21.6 Å². The molecule has 0 saturated heterocycles. The number of likely N-dealkylation sites (N-methyl/N-ethyl adjacent to an activating group) is 1. The molecule has 0 spiro atoms. The van der Waals surface area contributed by atoms with E-state index in [9.17, 15) is 4.79 Å². The molecule has 1 N–H and O–H groups in total. The fraction of sp³-hybridized carbons (Fsp3) is 0.200. The number of H-pyrrole nitrogens is 1. The van der Waals surface area contributed by atoms with E-state index in [-0.39, 0.29) is 12.5 Å². The van der Waals surface area contributed by atoms with Gasteiger partial charge in [0.25, 0.3) is 0 Å². The molecule has 9 heteroatoms. The Bertz CT molecular complexity index is 1180. The fourth-order valence-electron chi connectivity index (χ4n) is 2.96. The first-order chi connectivity index (χ1) is 14.0. The topological polar surface area (TPSA) is 76.0 Å². The van der Waals surface area contributed by atoms with Crippen LogP contribution in [0.3, 0.4) is 0 Å². The van der Waals surface area contributed by atoms with Crippen molar-refractivity contribution in [1.29, 1.82) is 0 Å². The Morgan fingerprint density at radius 1 is 1.24 bits per heavy atom. The number of hydrogen-bond donors (Lipinski definition) is 1. The van der Waals surface area contributed by atoms with Gasteiger partial charge in [0.2, 0.25) is 5.91 Å². The first kappa shape index (κ1) is 19.3. The van der Waals surface area contributed by atoms with Gasteiger partial charge in [-0.25, -0.2) is 4.98 Å². The number of carbonyl (C=O) groups is 1. The van der Waals surface area contributed by atoms with Gasteiger partial charge in [0, 0.05) is 12.6 Å². The van der Waals surface area contributed by atoms with Crippen molar-refractivity contribution in [2.75, 3.05) is 14.2 Å². The van der Waals surface area contributed by atoms with Crippen molar-refractivity contribution in [3.8, 4) is 17.1 Å². The highest BCUT2D eigenvalue weighted by Crippen LogP contribution is 2.23. The summed E-state index contributed by atoms with van der Waals surface area (Å²) in [4.78, 5) is 19.1. The molecular weight excluding hydrogens is 406 g/mol. The van der Waals surface area contributed by atoms with Crippen LogP contribution in [0, 0.1) is 4.77 Å². The Morgan fingerprint density at radius 2 is 2.00 bits per heavy atom. The minimum absolute atomic E-state index is 0.0727. The van der Waals surface area contributed by atoms with Crippen LogP contribution >= 0.6 is 23.6 Å². The first-order valence-electron chi connectivity index (χ1n) is 8.93. The van der Waals surface area contributed by atoms with Crippen LogP contribution in [0.2, 0.25) is 0 Å². The van der Waals surface area contributed by atoms with E-state index >= 15 is 0 Å². The molecule has 148 valence electrons. The molecule has 0 bridgehead atoms. The van der Waals surface area contributed by atoms with Crippen molar-refractivity contribution < 1.29 is 9.53 Å². The minimum atomic E-state index is -0.0727. The van der Waals surface area contributed by atoms with Crippen LogP contribution in [0.15, 0.2) is 48.5 Å². The lowest BCUT2D eigenvalue weighted by Gasteiger charge is -2.16. The van der Waals surface area contributed by atoms with E-state index < -0.39 is 0 Å². The number of ether oxygens (including phenoxy) is 1. The summed E-state index contributed by atoms with van der Waals surface area (Å²) >= 11 is 6.93. The van der Waals surface area contributed by atoms with Gasteiger partial charge in [-0.3, -0.25) is 14.5 Å². The summed E-state index contributed by atoms with van der Waals surface area (Å²) in [5, 5.41) is 7.97. The molecule has 4 rings (SSSR count). The SMILES string of the molecule is COc1ccc(-c2n[nH]c(=S)n2CC(=O)N(C)Cc2nc3ccccc3s2)cc1. The van der Waals surface area contributed by atoms with Crippen molar-refractivity contribution in [3.05, 3.63) is 58.3 Å². The van der Waals surface area contributed by atoms with Crippen LogP contribution in [-0.2, 0) is 17.9 Å². The zero-order valence-corrected chi connectivity index (χ0v) is 17.6. The standard InChI is InChI=1S/C20H19N5O2S2/c1-24(11-17-21-15-5-3-4-6-16(15)29-17)18(26)12-25-19(22-23-20(25)28)13-7-9-14(27-2)10-8-13/h3-10H,11-12H2,1-2H3,(H,23,28). The predicted octanol–water partition coefficient (Wildman–Crippen LogP) is 3.88. The molecule has 7 nitrogen and oxygen atoms in total. The molecule has 0 radical (unpaired) electrons. The minimum Gasteiger partial charge on any atom is -0.497 e. The normalized spacial score (nSPS) is 11.0. The Balaban J connectivity index is 1.51. The fourth-order valence-corrected chi connectivity index (χ4v) is 4.18. The van der Waals surface area contributed by atoms with Gasteiger partial charge in [0.05, 0.1) is 23.9 Å². The number of nitrogens with zero attached hydrogens (tertiary/aromatic N) is 4. The summed E-state index contributed by atoms with van der Waals surface area (Å²) in [6.45, 7) is 0.541. The zero-order valence-electron chi connectivity index (χ0n) is 16.0. The van der Waals surface area contributed by atoms with Gasteiger partial charge in [-0.15, -0.1) is 11.3 Å². The molecule has 2 aromatic carbocycles. The summed E-state index contributed by atoms with van der Waals surface area (Å²) in [5.41, 5.74) is 1.80. The molecule has 2 heterocycles. The third kappa shape index (κ3) is 4.06. The van der Waals surface area contributed by atoms with Crippen molar-refractivity contribution in [1.82, 2.24) is 24.6 Å². The molecule has 0 fully saturated rings. The number of rotatable bonds is 6. The maximum atomic E-state index is 12.8. The van der Waals surface area contributed by atoms with Gasteiger partial charge >= 0.3 is 0 Å². The summed E-state index contributed by atoms with van der Waals surface area (Å²) in [7, 11) is 3.39. The molecule has 0 aliphatic carbocycles. The molecule has 29 heavy (non-hydrogen) atoms. The van der Waals surface area contributed by atoms with Gasteiger partial charge < -0.3 is 9.64 Å². The maximum Gasteiger partial charge on any atom is 0.242 e. The first-order valence-corrected chi connectivity index (χ1v) is 10.2. The van der Waals surface area contributed by atoms with E-state index in [2.05, 4.69) is 15.2 Å². The number of para-hydroxylation sites is 1. The van der Waals surface area contributed by atoms with E-state index in [0.29, 0.717) is 17.1 Å². The summed E-state index contributed by atoms with van der Waals surface area (Å²) in [5.74, 6) is 1.29. The second kappa shape index (κ2) is 8.14. The van der Waals surface area contributed by atoms with Gasteiger partial charge in [0.1, 0.15) is 17.3 Å². The average molecular weight is 426 g/mol. The van der Waals surface area contributed by atoms with E-state index in [1.807, 2.05) is 48.5 Å². The Hall–Kier alpha value is -3.04. The summed E-state index contributed by atoms with van der Waals surface area (Å²) in [6.07, 6.45) is 0. The number of hydrogen-bond acceptors (Lipinski definition) is 6. The van der Waals surface area contributed by atoms with Crippen molar-refractivity contribution in [2.24, 2.45) is 0 Å². The highest BCUT2D eigenvalue weighted by Gasteiger charge is 2.17. The van der Waals surface area contributed by atoms with Gasteiger partial charge in [-0.05, 0) is 48.6 Å². The van der Waals surface area contributed by atoms with Crippen molar-refractivity contribution in [2.45, 2.75) is 13.1 Å². The molecule has 0 atom stereocenters. The van der Waals surface area contributed by atoms with E-state index in [1.54, 1.807) is 35.0 Å². The highest BCUT2D eigenvalue weighted by atomic mass is 32.1. The quantitative estimate of drug-likeness (QED) is 0.475. The molecule has 1 amide bonds. The number of carbonyl (C=O) groups excluding carboxylic acids is 1. The highest BCUT2D eigenvalue weighted by molar-refractivity contribution is 7.71. The maximum absolute atomic E-state index is 12.8. The second-order valence-corrected chi connectivity index (χ2v) is 7.99. The average Bonchev–Trinajstić information content (AvgIpc) is 3.31. The molecule has 0 saturated carbocycles. The number of methoxy groups -OCH3 is 1. The third-order valence-corrected chi connectivity index (χ3v) is 5.87. The molecular formula is C20H19N5O2S2. The molecule has 0 aliphatic heterocycles. The van der Waals surface area contributed by atoms with Crippen LogP contribution in [-0.4, -0.2) is 44.7 Å². The smallest absolute Gasteiger partial charge is 0.242 e. The lowest BCUT2D eigenvalue weighted by atomic mass is 10.2. The number of aromatic amines is 1. The Labute approximate surface area is 176 Å². The van der Waals surface area contributed by atoms with Crippen LogP contribution in [0.4, 0.5) is 0 Å². The van der Waals surface area contributed by atoms with Gasteiger partial charge in [-0.2, -0.15) is 5.10 Å². The lowest BCUT2D eigenvalue weighted by molar-refractivity contribution is -0.131. The summed E-state index contributed by atoms with van der Waals surface area (Å²) in [6, 6.07) is 15.4. The Morgan fingerprint density at radius 3 is 2.72 bits per heavy atom. The van der Waals surface area contributed by atoms with Crippen molar-refractivity contribution >= 4 is 39.7 Å². The number of benzene rings is 2. The Kier molecular flexibility index (Phi) is 5.41. The van der Waals surface area contributed by atoms with Gasteiger partial charge in [0.15, 0.2) is 10.6 Å². The van der Waals surface area contributed by atoms with E-state index in [4.69, 9.17) is 17.0 Å². The van der Waals surface area contributed by atoms with Crippen LogP contribution in [0.5, 0.6) is 5.75 Å². The van der Waals surface area contributed by atoms with E-state index in [0.717, 1.165) is 26.5 Å². The number of amides is 1. The second-order valence-electron chi connectivity index (χ2n) is 6.49. The summed E-state index contributed by atoms with van der Waals surface area (Å²) < 4.78 is 8.41. The zero-order chi connectivity index (χ0) is 20.4. The van der Waals surface area contributed by atoms with Crippen LogP contribution < -0.4 is 4.74 Å². The monoisotopic (exact) mass is 425 g/mol. The van der Waals surface area contributed by atoms with Crippen LogP contribution in [0.1, 0.15) is 5.01 Å². The number of nitrogens with one attached hydrogen (secondary N) is 1. The number of aromatic nitrogens is 4.